The smallest absolute Gasteiger partial charge is 0.269 e. The highest BCUT2D eigenvalue weighted by Gasteiger charge is 2.17. The fourth-order valence-corrected chi connectivity index (χ4v) is 3.06. The fourth-order valence-electron chi connectivity index (χ4n) is 3.06. The van der Waals surface area contributed by atoms with Crippen molar-refractivity contribution in [2.75, 3.05) is 0 Å². The Kier molecular flexibility index (Phi) is 4.35. The lowest BCUT2D eigenvalue weighted by atomic mass is 10.2. The Balaban J connectivity index is 1.49. The predicted molar refractivity (Wildman–Crippen MR) is 94.7 cm³/mol. The van der Waals surface area contributed by atoms with Crippen LogP contribution >= 0.6 is 0 Å². The van der Waals surface area contributed by atoms with Crippen LogP contribution in [0.25, 0.3) is 22.8 Å². The minimum Gasteiger partial charge on any atom is -0.490 e. The summed E-state index contributed by atoms with van der Waals surface area (Å²) in [6.07, 6.45) is 5.02. The molecule has 1 aliphatic rings. The second-order valence-corrected chi connectivity index (χ2v) is 6.28. The van der Waals surface area contributed by atoms with E-state index in [9.17, 15) is 10.1 Å². The van der Waals surface area contributed by atoms with Crippen LogP contribution in [-0.2, 0) is 0 Å². The first kappa shape index (κ1) is 16.3. The zero-order chi connectivity index (χ0) is 17.9. The topological polar surface area (TPSA) is 91.3 Å². The molecule has 3 aromatic rings. The Morgan fingerprint density at radius 2 is 1.65 bits per heavy atom. The number of nitro groups is 1. The van der Waals surface area contributed by atoms with E-state index in [1.807, 2.05) is 24.3 Å². The lowest BCUT2D eigenvalue weighted by Crippen LogP contribution is -2.10. The van der Waals surface area contributed by atoms with Crippen LogP contribution in [0, 0.1) is 10.1 Å². The summed E-state index contributed by atoms with van der Waals surface area (Å²) < 4.78 is 11.2. The molecule has 1 saturated carbocycles. The van der Waals surface area contributed by atoms with Crippen molar-refractivity contribution in [3.63, 3.8) is 0 Å². The highest BCUT2D eigenvalue weighted by atomic mass is 16.6. The molecule has 132 valence electrons. The van der Waals surface area contributed by atoms with E-state index in [1.54, 1.807) is 12.1 Å². The van der Waals surface area contributed by atoms with Crippen molar-refractivity contribution in [3.05, 3.63) is 58.6 Å². The molecule has 1 heterocycles. The number of aromatic nitrogens is 2. The Morgan fingerprint density at radius 1 is 1.00 bits per heavy atom. The third kappa shape index (κ3) is 3.42. The number of nitro benzene ring substituents is 1. The van der Waals surface area contributed by atoms with E-state index in [0.717, 1.165) is 24.2 Å². The summed E-state index contributed by atoms with van der Waals surface area (Å²) in [5, 5.41) is 14.7. The quantitative estimate of drug-likeness (QED) is 0.491. The zero-order valence-corrected chi connectivity index (χ0v) is 14.0. The molecule has 1 aromatic heterocycles. The van der Waals surface area contributed by atoms with Gasteiger partial charge in [-0.3, -0.25) is 10.1 Å². The summed E-state index contributed by atoms with van der Waals surface area (Å²) >= 11 is 0. The molecule has 1 aliphatic carbocycles. The van der Waals surface area contributed by atoms with Crippen LogP contribution in [0.15, 0.2) is 53.1 Å². The van der Waals surface area contributed by atoms with Crippen LogP contribution in [-0.4, -0.2) is 21.2 Å². The number of nitrogens with zero attached hydrogens (tertiary/aromatic N) is 3. The summed E-state index contributed by atoms with van der Waals surface area (Å²) in [6, 6.07) is 13.6. The molecule has 2 aromatic carbocycles. The number of ether oxygens (including phenoxy) is 1. The van der Waals surface area contributed by atoms with E-state index in [1.165, 1.54) is 25.0 Å². The van der Waals surface area contributed by atoms with Gasteiger partial charge in [0.1, 0.15) is 5.75 Å². The summed E-state index contributed by atoms with van der Waals surface area (Å²) in [6.45, 7) is 0. The minimum absolute atomic E-state index is 0.0198. The second-order valence-electron chi connectivity index (χ2n) is 6.28. The molecule has 4 rings (SSSR count). The molecule has 0 spiro atoms. The summed E-state index contributed by atoms with van der Waals surface area (Å²) in [5.74, 6) is 1.63. The van der Waals surface area contributed by atoms with E-state index >= 15 is 0 Å². The Hall–Kier alpha value is -3.22. The number of hydrogen-bond donors (Lipinski definition) is 0. The van der Waals surface area contributed by atoms with Crippen LogP contribution in [0.1, 0.15) is 25.7 Å². The van der Waals surface area contributed by atoms with E-state index in [-0.39, 0.29) is 5.69 Å². The molecule has 0 radical (unpaired) electrons. The van der Waals surface area contributed by atoms with Crippen LogP contribution in [0.2, 0.25) is 0 Å². The molecular formula is C19H17N3O4. The molecule has 0 amide bonds. The number of hydrogen-bond acceptors (Lipinski definition) is 6. The number of non-ortho nitro benzene ring substituents is 1. The van der Waals surface area contributed by atoms with Crippen LogP contribution in [0.4, 0.5) is 5.69 Å². The number of benzene rings is 2. The van der Waals surface area contributed by atoms with Crippen molar-refractivity contribution in [2.24, 2.45) is 0 Å². The lowest BCUT2D eigenvalue weighted by Gasteiger charge is -2.12. The largest absolute Gasteiger partial charge is 0.490 e. The van der Waals surface area contributed by atoms with E-state index in [0.29, 0.717) is 23.4 Å². The maximum absolute atomic E-state index is 10.7. The first-order valence-corrected chi connectivity index (χ1v) is 8.55. The van der Waals surface area contributed by atoms with Gasteiger partial charge in [-0.2, -0.15) is 4.98 Å². The highest BCUT2D eigenvalue weighted by Crippen LogP contribution is 2.27. The average Bonchev–Trinajstić information content (AvgIpc) is 3.34. The van der Waals surface area contributed by atoms with Gasteiger partial charge in [-0.15, -0.1) is 0 Å². The van der Waals surface area contributed by atoms with Gasteiger partial charge in [0.2, 0.25) is 5.82 Å². The Morgan fingerprint density at radius 3 is 2.31 bits per heavy atom. The van der Waals surface area contributed by atoms with Crippen LogP contribution in [0.5, 0.6) is 5.75 Å². The van der Waals surface area contributed by atoms with Gasteiger partial charge in [-0.05, 0) is 62.1 Å². The van der Waals surface area contributed by atoms with Gasteiger partial charge in [-0.25, -0.2) is 0 Å². The van der Waals surface area contributed by atoms with Gasteiger partial charge in [0.15, 0.2) is 0 Å². The summed E-state index contributed by atoms with van der Waals surface area (Å²) in [5.41, 5.74) is 1.47. The SMILES string of the molecule is O=[N+]([O-])c1ccc(-c2nc(-c3ccc(OC4CCCC4)cc3)no2)cc1. The van der Waals surface area contributed by atoms with Crippen molar-refractivity contribution in [2.45, 2.75) is 31.8 Å². The van der Waals surface area contributed by atoms with E-state index in [4.69, 9.17) is 9.26 Å². The van der Waals surface area contributed by atoms with Crippen molar-refractivity contribution in [1.82, 2.24) is 10.1 Å². The van der Waals surface area contributed by atoms with Gasteiger partial charge >= 0.3 is 0 Å². The van der Waals surface area contributed by atoms with E-state index in [2.05, 4.69) is 10.1 Å². The number of rotatable bonds is 5. The monoisotopic (exact) mass is 351 g/mol. The van der Waals surface area contributed by atoms with E-state index < -0.39 is 4.92 Å². The predicted octanol–water partition coefficient (Wildman–Crippen LogP) is 4.63. The summed E-state index contributed by atoms with van der Waals surface area (Å²) in [4.78, 5) is 14.6. The molecule has 1 fully saturated rings. The normalized spacial score (nSPS) is 14.5. The molecule has 0 atom stereocenters. The van der Waals surface area contributed by atoms with Gasteiger partial charge in [0, 0.05) is 23.3 Å². The third-order valence-corrected chi connectivity index (χ3v) is 4.47. The maximum Gasteiger partial charge on any atom is 0.269 e. The van der Waals surface area contributed by atoms with Gasteiger partial charge in [0.05, 0.1) is 11.0 Å². The van der Waals surface area contributed by atoms with Crippen molar-refractivity contribution in [1.29, 1.82) is 0 Å². The molecular weight excluding hydrogens is 334 g/mol. The van der Waals surface area contributed by atoms with Crippen molar-refractivity contribution in [3.8, 4) is 28.6 Å². The minimum atomic E-state index is -0.446. The molecule has 7 nitrogen and oxygen atoms in total. The van der Waals surface area contributed by atoms with Gasteiger partial charge in [-0.1, -0.05) is 5.16 Å². The van der Waals surface area contributed by atoms with Crippen LogP contribution in [0.3, 0.4) is 0 Å². The molecule has 0 unspecified atom stereocenters. The molecule has 26 heavy (non-hydrogen) atoms. The highest BCUT2D eigenvalue weighted by molar-refractivity contribution is 5.61. The van der Waals surface area contributed by atoms with Crippen molar-refractivity contribution >= 4 is 5.69 Å². The molecule has 0 saturated heterocycles. The maximum atomic E-state index is 10.7. The second kappa shape index (κ2) is 6.95. The van der Waals surface area contributed by atoms with Crippen molar-refractivity contribution < 1.29 is 14.2 Å². The fraction of sp³-hybridized carbons (Fsp3) is 0.263. The van der Waals surface area contributed by atoms with Gasteiger partial charge < -0.3 is 9.26 Å². The molecule has 0 aliphatic heterocycles. The molecule has 0 bridgehead atoms. The first-order chi connectivity index (χ1) is 12.7. The molecule has 7 heteroatoms. The first-order valence-electron chi connectivity index (χ1n) is 8.55. The Labute approximate surface area is 149 Å². The standard InChI is InChI=1S/C19H17N3O4/c23-22(24)15-9-5-14(6-10-15)19-20-18(21-26-19)13-7-11-17(12-8-13)25-16-3-1-2-4-16/h5-12,16H,1-4H2. The molecule has 0 N–H and O–H groups in total. The van der Waals surface area contributed by atoms with Crippen LogP contribution < -0.4 is 4.74 Å². The van der Waals surface area contributed by atoms with Gasteiger partial charge in [0.25, 0.3) is 11.6 Å². The zero-order valence-electron chi connectivity index (χ0n) is 14.0. The lowest BCUT2D eigenvalue weighted by molar-refractivity contribution is -0.384. The average molecular weight is 351 g/mol. The third-order valence-electron chi connectivity index (χ3n) is 4.47. The Bertz CT molecular complexity index is 897. The summed E-state index contributed by atoms with van der Waals surface area (Å²) in [7, 11) is 0.